The average Bonchev–Trinajstić information content (AvgIpc) is 2.83. The lowest BCUT2D eigenvalue weighted by Crippen LogP contribution is -2.39. The molecule has 3 rings (SSSR count). The Kier molecular flexibility index (Phi) is 3.83. The molecule has 0 fully saturated rings. The monoisotopic (exact) mass is 311 g/mol. The average molecular weight is 311 g/mol. The van der Waals surface area contributed by atoms with E-state index in [4.69, 9.17) is 0 Å². The van der Waals surface area contributed by atoms with E-state index >= 15 is 0 Å². The first-order valence-electron chi connectivity index (χ1n) is 7.32. The fourth-order valence-corrected chi connectivity index (χ4v) is 2.80. The van der Waals surface area contributed by atoms with E-state index in [0.717, 1.165) is 11.3 Å². The summed E-state index contributed by atoms with van der Waals surface area (Å²) in [5.41, 5.74) is 1.17. The van der Waals surface area contributed by atoms with Crippen LogP contribution in [0.25, 0.3) is 0 Å². The molecule has 1 heterocycles. The van der Waals surface area contributed by atoms with Gasteiger partial charge in [-0.1, -0.05) is 30.3 Å². The molecule has 0 saturated heterocycles. The second kappa shape index (κ2) is 5.81. The SMILES string of the molecule is CC1=NN(Cc2ccccc2)C(O)(c2ccc([N+](=O)[O-])cc2)C1. The molecule has 1 aliphatic rings. The van der Waals surface area contributed by atoms with Crippen LogP contribution in [0, 0.1) is 10.1 Å². The number of hydrogen-bond donors (Lipinski definition) is 1. The third-order valence-electron chi connectivity index (χ3n) is 3.94. The van der Waals surface area contributed by atoms with Gasteiger partial charge in [0.2, 0.25) is 0 Å². The summed E-state index contributed by atoms with van der Waals surface area (Å²) in [7, 11) is 0. The summed E-state index contributed by atoms with van der Waals surface area (Å²) in [6, 6.07) is 15.7. The van der Waals surface area contributed by atoms with E-state index < -0.39 is 10.6 Å². The minimum Gasteiger partial charge on any atom is -0.365 e. The molecule has 0 aromatic heterocycles. The molecule has 0 bridgehead atoms. The lowest BCUT2D eigenvalue weighted by atomic mass is 9.97. The number of nitrogens with zero attached hydrogens (tertiary/aromatic N) is 3. The third-order valence-corrected chi connectivity index (χ3v) is 3.94. The Labute approximate surface area is 133 Å². The highest BCUT2D eigenvalue weighted by Crippen LogP contribution is 2.36. The first-order chi connectivity index (χ1) is 11.0. The number of aliphatic hydroxyl groups is 1. The zero-order chi connectivity index (χ0) is 16.4. The minimum atomic E-state index is -1.28. The Hall–Kier alpha value is -2.73. The van der Waals surface area contributed by atoms with Gasteiger partial charge < -0.3 is 5.11 Å². The maximum atomic E-state index is 11.1. The van der Waals surface area contributed by atoms with Crippen molar-refractivity contribution in [2.24, 2.45) is 5.10 Å². The molecule has 0 spiro atoms. The van der Waals surface area contributed by atoms with Crippen molar-refractivity contribution in [3.05, 3.63) is 75.8 Å². The van der Waals surface area contributed by atoms with Crippen LogP contribution in [0.3, 0.4) is 0 Å². The van der Waals surface area contributed by atoms with Gasteiger partial charge in [0.15, 0.2) is 5.72 Å². The molecular weight excluding hydrogens is 294 g/mol. The number of non-ortho nitro benzene ring substituents is 1. The number of hydrogen-bond acceptors (Lipinski definition) is 5. The molecule has 0 amide bonds. The molecule has 6 heteroatoms. The summed E-state index contributed by atoms with van der Waals surface area (Å²) in [4.78, 5) is 10.3. The number of nitro benzene ring substituents is 1. The molecule has 0 aliphatic carbocycles. The van der Waals surface area contributed by atoms with Gasteiger partial charge in [0.1, 0.15) is 0 Å². The predicted molar refractivity (Wildman–Crippen MR) is 86.7 cm³/mol. The minimum absolute atomic E-state index is 0.00240. The van der Waals surface area contributed by atoms with Gasteiger partial charge in [0, 0.05) is 29.8 Å². The van der Waals surface area contributed by atoms with Crippen molar-refractivity contribution < 1.29 is 10.0 Å². The molecule has 23 heavy (non-hydrogen) atoms. The largest absolute Gasteiger partial charge is 0.365 e. The van der Waals surface area contributed by atoms with Gasteiger partial charge in [-0.25, -0.2) is 0 Å². The summed E-state index contributed by atoms with van der Waals surface area (Å²) >= 11 is 0. The van der Waals surface area contributed by atoms with Crippen LogP contribution < -0.4 is 0 Å². The van der Waals surface area contributed by atoms with Gasteiger partial charge >= 0.3 is 0 Å². The van der Waals surface area contributed by atoms with E-state index in [9.17, 15) is 15.2 Å². The highest BCUT2D eigenvalue weighted by molar-refractivity contribution is 5.84. The molecule has 0 saturated carbocycles. The summed E-state index contributed by atoms with van der Waals surface area (Å²) in [5, 5.41) is 28.0. The fraction of sp³-hybridized carbons (Fsp3) is 0.235. The normalized spacial score (nSPS) is 20.4. The second-order valence-corrected chi connectivity index (χ2v) is 5.68. The Morgan fingerprint density at radius 3 is 2.48 bits per heavy atom. The maximum Gasteiger partial charge on any atom is 0.269 e. The molecule has 1 N–H and O–H groups in total. The van der Waals surface area contributed by atoms with Crippen LogP contribution in [-0.2, 0) is 12.3 Å². The highest BCUT2D eigenvalue weighted by atomic mass is 16.6. The van der Waals surface area contributed by atoms with E-state index in [0.29, 0.717) is 18.5 Å². The first kappa shape index (κ1) is 15.2. The lowest BCUT2D eigenvalue weighted by molar-refractivity contribution is -0.384. The van der Waals surface area contributed by atoms with Crippen LogP contribution in [-0.4, -0.2) is 20.8 Å². The van der Waals surface area contributed by atoms with Crippen molar-refractivity contribution in [3.8, 4) is 0 Å². The van der Waals surface area contributed by atoms with E-state index in [1.54, 1.807) is 17.1 Å². The second-order valence-electron chi connectivity index (χ2n) is 5.68. The highest BCUT2D eigenvalue weighted by Gasteiger charge is 2.41. The number of benzene rings is 2. The van der Waals surface area contributed by atoms with E-state index in [2.05, 4.69) is 5.10 Å². The van der Waals surface area contributed by atoms with Gasteiger partial charge in [-0.2, -0.15) is 5.10 Å². The Morgan fingerprint density at radius 2 is 1.87 bits per heavy atom. The molecule has 2 aromatic carbocycles. The number of rotatable bonds is 4. The lowest BCUT2D eigenvalue weighted by Gasteiger charge is -2.33. The van der Waals surface area contributed by atoms with Crippen LogP contribution in [0.15, 0.2) is 59.7 Å². The van der Waals surface area contributed by atoms with Crippen molar-refractivity contribution >= 4 is 11.4 Å². The third kappa shape index (κ3) is 2.93. The van der Waals surface area contributed by atoms with Crippen molar-refractivity contribution in [1.29, 1.82) is 0 Å². The van der Waals surface area contributed by atoms with Crippen molar-refractivity contribution in [3.63, 3.8) is 0 Å². The number of hydrazone groups is 1. The summed E-state index contributed by atoms with van der Waals surface area (Å²) in [5.74, 6) is 0. The molecule has 2 aromatic rings. The van der Waals surface area contributed by atoms with Crippen LogP contribution in [0.1, 0.15) is 24.5 Å². The maximum absolute atomic E-state index is 11.1. The molecule has 118 valence electrons. The van der Waals surface area contributed by atoms with Crippen LogP contribution in [0.5, 0.6) is 0 Å². The van der Waals surface area contributed by atoms with E-state index in [1.165, 1.54) is 12.1 Å². The standard InChI is InChI=1S/C17H17N3O3/c1-13-11-17(21,15-7-9-16(10-8-15)20(22)23)19(18-13)12-14-5-3-2-4-6-14/h2-10,21H,11-12H2,1H3. The van der Waals surface area contributed by atoms with Gasteiger partial charge in [-0.05, 0) is 24.6 Å². The van der Waals surface area contributed by atoms with Crippen molar-refractivity contribution in [2.75, 3.05) is 0 Å². The zero-order valence-corrected chi connectivity index (χ0v) is 12.7. The van der Waals surface area contributed by atoms with Crippen LogP contribution >= 0.6 is 0 Å². The molecule has 6 nitrogen and oxygen atoms in total. The Bertz CT molecular complexity index is 743. The van der Waals surface area contributed by atoms with Gasteiger partial charge in [0.25, 0.3) is 5.69 Å². The van der Waals surface area contributed by atoms with Gasteiger partial charge in [-0.3, -0.25) is 15.1 Å². The van der Waals surface area contributed by atoms with Gasteiger partial charge in [-0.15, -0.1) is 0 Å². The van der Waals surface area contributed by atoms with Crippen molar-refractivity contribution in [1.82, 2.24) is 5.01 Å². The summed E-state index contributed by atoms with van der Waals surface area (Å²) < 4.78 is 0. The topological polar surface area (TPSA) is 79.0 Å². The molecular formula is C17H17N3O3. The Morgan fingerprint density at radius 1 is 1.22 bits per heavy atom. The van der Waals surface area contributed by atoms with Crippen molar-refractivity contribution in [2.45, 2.75) is 25.6 Å². The van der Waals surface area contributed by atoms with E-state index in [-0.39, 0.29) is 5.69 Å². The predicted octanol–water partition coefficient (Wildman–Crippen LogP) is 3.02. The van der Waals surface area contributed by atoms with Crippen LogP contribution in [0.2, 0.25) is 0 Å². The smallest absolute Gasteiger partial charge is 0.269 e. The summed E-state index contributed by atoms with van der Waals surface area (Å²) in [6.07, 6.45) is 0.373. The molecule has 1 unspecified atom stereocenters. The summed E-state index contributed by atoms with van der Waals surface area (Å²) in [6.45, 7) is 2.33. The quantitative estimate of drug-likeness (QED) is 0.695. The zero-order valence-electron chi connectivity index (χ0n) is 12.7. The van der Waals surface area contributed by atoms with Crippen LogP contribution in [0.4, 0.5) is 5.69 Å². The molecule has 0 radical (unpaired) electrons. The Balaban J connectivity index is 1.90. The first-order valence-corrected chi connectivity index (χ1v) is 7.32. The molecule has 1 atom stereocenters. The van der Waals surface area contributed by atoms with Gasteiger partial charge in [0.05, 0.1) is 11.5 Å². The fourth-order valence-electron chi connectivity index (χ4n) is 2.80. The number of nitro groups is 1. The molecule has 1 aliphatic heterocycles. The van der Waals surface area contributed by atoms with E-state index in [1.807, 2.05) is 37.3 Å².